The maximum Gasteiger partial charge on any atom is 0.232 e. The molecule has 0 atom stereocenters. The lowest BCUT2D eigenvalue weighted by molar-refractivity contribution is -0.119. The van der Waals surface area contributed by atoms with Gasteiger partial charge in [-0.3, -0.25) is 4.79 Å². The Morgan fingerprint density at radius 1 is 1.56 bits per heavy atom. The molecule has 0 fully saturated rings. The van der Waals surface area contributed by atoms with Crippen molar-refractivity contribution in [2.24, 2.45) is 0 Å². The molecule has 1 rings (SSSR count). The average molecular weight is 280 g/mol. The summed E-state index contributed by atoms with van der Waals surface area (Å²) >= 11 is 11.2. The van der Waals surface area contributed by atoms with Gasteiger partial charge in [-0.2, -0.15) is 0 Å². The molecule has 0 radical (unpaired) electrons. The van der Waals surface area contributed by atoms with Crippen molar-refractivity contribution in [3.05, 3.63) is 34.3 Å². The highest BCUT2D eigenvalue weighted by molar-refractivity contribution is 7.80. The van der Waals surface area contributed by atoms with E-state index in [0.717, 1.165) is 21.0 Å². The minimum absolute atomic E-state index is 0.0860. The molecule has 2 nitrogen and oxygen atoms in total. The molecule has 1 aromatic rings. The van der Waals surface area contributed by atoms with E-state index in [-0.39, 0.29) is 12.3 Å². The summed E-state index contributed by atoms with van der Waals surface area (Å²) in [5, 5.41) is 3.42. The van der Waals surface area contributed by atoms with Crippen LogP contribution < -0.4 is 5.32 Å². The number of halogens is 1. The molecule has 0 aromatic heterocycles. The smallest absolute Gasteiger partial charge is 0.232 e. The summed E-state index contributed by atoms with van der Waals surface area (Å²) in [7, 11) is 0. The van der Waals surface area contributed by atoms with Gasteiger partial charge in [-0.25, -0.2) is 0 Å². The Labute approximate surface area is 118 Å². The van der Waals surface area contributed by atoms with Gasteiger partial charge in [-0.15, -0.1) is 6.42 Å². The normalized spacial score (nSPS) is 9.61. The van der Waals surface area contributed by atoms with Crippen LogP contribution in [0.5, 0.6) is 0 Å². The van der Waals surface area contributed by atoms with Crippen molar-refractivity contribution in [3.63, 3.8) is 0 Å². The van der Waals surface area contributed by atoms with Gasteiger partial charge < -0.3 is 5.32 Å². The van der Waals surface area contributed by atoms with Crippen LogP contribution >= 0.6 is 23.8 Å². The zero-order valence-electron chi connectivity index (χ0n) is 10.1. The second-order valence-electron chi connectivity index (χ2n) is 3.96. The van der Waals surface area contributed by atoms with Gasteiger partial charge in [0.1, 0.15) is 0 Å². The summed E-state index contributed by atoms with van der Waals surface area (Å²) in [6.07, 6.45) is 5.76. The molecule has 0 aliphatic carbocycles. The summed E-state index contributed by atoms with van der Waals surface area (Å²) in [5.74, 6) is 2.11. The number of hydrogen-bond donors (Lipinski definition) is 1. The molecular formula is C14H14ClNOS. The summed E-state index contributed by atoms with van der Waals surface area (Å²) in [5.41, 5.74) is 2.11. The minimum Gasteiger partial charge on any atom is -0.351 e. The third-order valence-electron chi connectivity index (χ3n) is 2.37. The molecule has 0 aliphatic heterocycles. The molecule has 0 bridgehead atoms. The maximum atomic E-state index is 11.2. The number of rotatable bonds is 5. The number of amides is 1. The van der Waals surface area contributed by atoms with Crippen LogP contribution in [0.3, 0.4) is 0 Å². The molecular weight excluding hydrogens is 266 g/mol. The molecule has 1 aromatic carbocycles. The van der Waals surface area contributed by atoms with Crippen LogP contribution in [0, 0.1) is 19.3 Å². The van der Waals surface area contributed by atoms with Gasteiger partial charge in [-0.05, 0) is 24.1 Å². The van der Waals surface area contributed by atoms with Crippen LogP contribution in [0.25, 0.3) is 0 Å². The molecule has 0 aliphatic rings. The van der Waals surface area contributed by atoms with E-state index in [0.29, 0.717) is 13.0 Å². The van der Waals surface area contributed by atoms with Crippen molar-refractivity contribution in [1.82, 2.24) is 5.32 Å². The number of terminal acetylenes is 1. The van der Waals surface area contributed by atoms with E-state index in [4.69, 9.17) is 30.2 Å². The van der Waals surface area contributed by atoms with Gasteiger partial charge in [0, 0.05) is 22.9 Å². The van der Waals surface area contributed by atoms with Crippen molar-refractivity contribution in [1.29, 1.82) is 0 Å². The molecule has 0 saturated carbocycles. The highest BCUT2D eigenvalue weighted by Gasteiger charge is 2.04. The standard InChI is InChI=1S/C14H14ClNOS/c1-3-4-14(17)16-9-12(18)8-11-5-6-13(15)10(2)7-11/h1,5-7H,4,8-9H2,2H3,(H,16,17). The van der Waals surface area contributed by atoms with Gasteiger partial charge in [0.2, 0.25) is 5.91 Å². The Morgan fingerprint density at radius 2 is 2.28 bits per heavy atom. The van der Waals surface area contributed by atoms with Crippen LogP contribution in [0.2, 0.25) is 5.02 Å². The van der Waals surface area contributed by atoms with Gasteiger partial charge in [0.05, 0.1) is 6.42 Å². The van der Waals surface area contributed by atoms with Crippen LogP contribution in [0.1, 0.15) is 17.5 Å². The van der Waals surface area contributed by atoms with Crippen molar-refractivity contribution in [2.75, 3.05) is 6.54 Å². The van der Waals surface area contributed by atoms with E-state index >= 15 is 0 Å². The van der Waals surface area contributed by atoms with E-state index in [1.54, 1.807) is 0 Å². The van der Waals surface area contributed by atoms with Crippen molar-refractivity contribution in [2.45, 2.75) is 19.8 Å². The summed E-state index contributed by atoms with van der Waals surface area (Å²) in [6, 6.07) is 5.79. The van der Waals surface area contributed by atoms with Crippen LogP contribution in [0.15, 0.2) is 18.2 Å². The highest BCUT2D eigenvalue weighted by Crippen LogP contribution is 2.16. The number of hydrogen-bond acceptors (Lipinski definition) is 2. The SMILES string of the molecule is C#CCC(=O)NCC(=S)Cc1ccc(Cl)c(C)c1. The first-order valence-electron chi connectivity index (χ1n) is 5.50. The Kier molecular flexibility index (Phi) is 5.84. The number of benzene rings is 1. The summed E-state index contributed by atoms with van der Waals surface area (Å²) < 4.78 is 0. The molecule has 0 saturated heterocycles. The number of aryl methyl sites for hydroxylation is 1. The van der Waals surface area contributed by atoms with Crippen molar-refractivity contribution >= 4 is 34.6 Å². The van der Waals surface area contributed by atoms with E-state index in [9.17, 15) is 4.79 Å². The Bertz CT molecular complexity index is 505. The lowest BCUT2D eigenvalue weighted by Crippen LogP contribution is -2.28. The Balaban J connectivity index is 2.47. The highest BCUT2D eigenvalue weighted by atomic mass is 35.5. The summed E-state index contributed by atoms with van der Waals surface area (Å²) in [4.78, 5) is 11.9. The largest absolute Gasteiger partial charge is 0.351 e. The van der Waals surface area contributed by atoms with Gasteiger partial charge in [-0.1, -0.05) is 41.9 Å². The molecule has 1 N–H and O–H groups in total. The zero-order valence-corrected chi connectivity index (χ0v) is 11.7. The molecule has 0 unspecified atom stereocenters. The number of carbonyl (C=O) groups is 1. The number of nitrogens with one attached hydrogen (secondary N) is 1. The first kappa shape index (κ1) is 14.7. The second kappa shape index (κ2) is 7.15. The zero-order chi connectivity index (χ0) is 13.5. The lowest BCUT2D eigenvalue weighted by Gasteiger charge is -2.07. The lowest BCUT2D eigenvalue weighted by atomic mass is 10.1. The fourth-order valence-corrected chi connectivity index (χ4v) is 1.82. The van der Waals surface area contributed by atoms with Crippen molar-refractivity contribution < 1.29 is 4.79 Å². The molecule has 1 amide bonds. The average Bonchev–Trinajstić information content (AvgIpc) is 2.32. The van der Waals surface area contributed by atoms with Crippen LogP contribution in [-0.2, 0) is 11.2 Å². The van der Waals surface area contributed by atoms with Crippen LogP contribution in [0.4, 0.5) is 0 Å². The van der Waals surface area contributed by atoms with Crippen LogP contribution in [-0.4, -0.2) is 17.3 Å². The van der Waals surface area contributed by atoms with Gasteiger partial charge in [0.15, 0.2) is 0 Å². The van der Waals surface area contributed by atoms with E-state index in [1.165, 1.54) is 0 Å². The number of thiocarbonyl (C=S) groups is 1. The second-order valence-corrected chi connectivity index (χ2v) is 4.94. The fourth-order valence-electron chi connectivity index (χ4n) is 1.46. The number of carbonyl (C=O) groups excluding carboxylic acids is 1. The Hall–Kier alpha value is -1.37. The minimum atomic E-state index is -0.174. The monoisotopic (exact) mass is 279 g/mol. The third-order valence-corrected chi connectivity index (χ3v) is 3.08. The molecule has 0 heterocycles. The van der Waals surface area contributed by atoms with E-state index in [1.807, 2.05) is 25.1 Å². The van der Waals surface area contributed by atoms with E-state index in [2.05, 4.69) is 11.2 Å². The molecule has 0 spiro atoms. The first-order chi connectivity index (χ1) is 8.52. The van der Waals surface area contributed by atoms with E-state index < -0.39 is 0 Å². The first-order valence-corrected chi connectivity index (χ1v) is 6.28. The predicted octanol–water partition coefficient (Wildman–Crippen LogP) is 2.70. The van der Waals surface area contributed by atoms with Crippen molar-refractivity contribution in [3.8, 4) is 12.3 Å². The topological polar surface area (TPSA) is 29.1 Å². The predicted molar refractivity (Wildman–Crippen MR) is 79.0 cm³/mol. The molecule has 94 valence electrons. The van der Waals surface area contributed by atoms with Gasteiger partial charge in [0.25, 0.3) is 0 Å². The Morgan fingerprint density at radius 3 is 2.89 bits per heavy atom. The van der Waals surface area contributed by atoms with Gasteiger partial charge >= 0.3 is 0 Å². The summed E-state index contributed by atoms with van der Waals surface area (Å²) in [6.45, 7) is 2.32. The molecule has 18 heavy (non-hydrogen) atoms. The third kappa shape index (κ3) is 4.87. The fraction of sp³-hybridized carbons (Fsp3) is 0.286. The quantitative estimate of drug-likeness (QED) is 0.663. The molecule has 4 heteroatoms. The maximum absolute atomic E-state index is 11.2.